The Balaban J connectivity index is 3.52. The highest BCUT2D eigenvalue weighted by molar-refractivity contribution is 7.86. The fraction of sp³-hybridized carbons (Fsp3) is 0.333. The van der Waals surface area contributed by atoms with Crippen molar-refractivity contribution in [1.82, 2.24) is 0 Å². The van der Waals surface area contributed by atoms with E-state index >= 15 is 0 Å². The summed E-state index contributed by atoms with van der Waals surface area (Å²) in [5.74, 6) is 0. The largest absolute Gasteiger partial charge is 0.285 e. The van der Waals surface area contributed by atoms with Gasteiger partial charge in [-0.2, -0.15) is 8.42 Å². The summed E-state index contributed by atoms with van der Waals surface area (Å²) in [5.41, 5.74) is 2.28. The zero-order valence-electron chi connectivity index (χ0n) is 9.69. The van der Waals surface area contributed by atoms with Gasteiger partial charge in [0.1, 0.15) is 4.75 Å². The second kappa shape index (κ2) is 4.03. The summed E-state index contributed by atoms with van der Waals surface area (Å²) in [6.07, 6.45) is 1.67. The molecule has 0 unspecified atom stereocenters. The fourth-order valence-electron chi connectivity index (χ4n) is 1.67. The van der Waals surface area contributed by atoms with E-state index in [1.807, 2.05) is 13.0 Å². The maximum atomic E-state index is 11.3. The number of rotatable bonds is 3. The third-order valence-electron chi connectivity index (χ3n) is 2.89. The molecule has 0 atom stereocenters. The maximum Gasteiger partial charge on any atom is 0.274 e. The van der Waals surface area contributed by atoms with Crippen molar-refractivity contribution in [2.45, 2.75) is 25.5 Å². The van der Waals surface area contributed by atoms with Crippen molar-refractivity contribution in [3.63, 3.8) is 0 Å². The van der Waals surface area contributed by atoms with Crippen LogP contribution in [0.1, 0.15) is 30.5 Å². The minimum atomic E-state index is -4.14. The van der Waals surface area contributed by atoms with Crippen molar-refractivity contribution in [2.75, 3.05) is 0 Å². The Morgan fingerprint density at radius 3 is 2.38 bits per heavy atom. The van der Waals surface area contributed by atoms with E-state index in [2.05, 4.69) is 6.58 Å². The van der Waals surface area contributed by atoms with Crippen LogP contribution in [0, 0.1) is 6.92 Å². The highest BCUT2D eigenvalue weighted by Gasteiger charge is 2.35. The Morgan fingerprint density at radius 2 is 1.94 bits per heavy atom. The molecule has 88 valence electrons. The molecule has 3 nitrogen and oxygen atoms in total. The molecular formula is C12H16O3S. The summed E-state index contributed by atoms with van der Waals surface area (Å²) in [4.78, 5) is 0. The van der Waals surface area contributed by atoms with Gasteiger partial charge in [0.05, 0.1) is 0 Å². The molecule has 0 heterocycles. The quantitative estimate of drug-likeness (QED) is 0.826. The van der Waals surface area contributed by atoms with Crippen LogP contribution in [-0.2, 0) is 14.9 Å². The lowest BCUT2D eigenvalue weighted by Crippen LogP contribution is -2.29. The monoisotopic (exact) mass is 240 g/mol. The van der Waals surface area contributed by atoms with E-state index in [4.69, 9.17) is 0 Å². The summed E-state index contributed by atoms with van der Waals surface area (Å²) >= 11 is 0. The highest BCUT2D eigenvalue weighted by Crippen LogP contribution is 2.32. The van der Waals surface area contributed by atoms with Crippen LogP contribution in [0.5, 0.6) is 0 Å². The Morgan fingerprint density at radius 1 is 1.38 bits per heavy atom. The summed E-state index contributed by atoms with van der Waals surface area (Å²) in [5, 5.41) is 0. The van der Waals surface area contributed by atoms with Gasteiger partial charge in [0.25, 0.3) is 10.1 Å². The molecule has 0 aliphatic rings. The van der Waals surface area contributed by atoms with Gasteiger partial charge < -0.3 is 0 Å². The van der Waals surface area contributed by atoms with Crippen molar-refractivity contribution >= 4 is 16.2 Å². The van der Waals surface area contributed by atoms with Crippen molar-refractivity contribution in [2.24, 2.45) is 0 Å². The Hall–Kier alpha value is -1.13. The van der Waals surface area contributed by atoms with Crippen LogP contribution in [-0.4, -0.2) is 13.0 Å². The first-order valence-corrected chi connectivity index (χ1v) is 6.35. The molecule has 1 rings (SSSR count). The van der Waals surface area contributed by atoms with Gasteiger partial charge in [-0.3, -0.25) is 4.55 Å². The second-order valence-corrected chi connectivity index (χ2v) is 6.18. The molecule has 0 aromatic heterocycles. The lowest BCUT2D eigenvalue weighted by Gasteiger charge is -2.24. The molecule has 0 radical (unpaired) electrons. The number of benzene rings is 1. The molecule has 1 aromatic rings. The fourth-order valence-corrected chi connectivity index (χ4v) is 2.16. The molecule has 0 fully saturated rings. The van der Waals surface area contributed by atoms with Crippen LogP contribution in [0.3, 0.4) is 0 Å². The molecule has 16 heavy (non-hydrogen) atoms. The minimum Gasteiger partial charge on any atom is -0.285 e. The van der Waals surface area contributed by atoms with Gasteiger partial charge in [-0.25, -0.2) is 0 Å². The predicted octanol–water partition coefficient (Wildman–Crippen LogP) is 2.76. The second-order valence-electron chi connectivity index (χ2n) is 4.21. The lowest BCUT2D eigenvalue weighted by molar-refractivity contribution is 0.445. The zero-order valence-corrected chi connectivity index (χ0v) is 10.5. The van der Waals surface area contributed by atoms with Crippen LogP contribution < -0.4 is 0 Å². The van der Waals surface area contributed by atoms with E-state index < -0.39 is 14.9 Å². The van der Waals surface area contributed by atoms with E-state index in [0.717, 1.165) is 11.1 Å². The first kappa shape index (κ1) is 12.9. The summed E-state index contributed by atoms with van der Waals surface area (Å²) < 4.78 is 30.6. The normalized spacial score (nSPS) is 12.5. The van der Waals surface area contributed by atoms with Gasteiger partial charge in [-0.15, -0.1) is 0 Å². The summed E-state index contributed by atoms with van der Waals surface area (Å²) in [6, 6.07) is 5.31. The zero-order chi connectivity index (χ0) is 12.6. The topological polar surface area (TPSA) is 54.4 Å². The van der Waals surface area contributed by atoms with Gasteiger partial charge in [-0.1, -0.05) is 30.9 Å². The van der Waals surface area contributed by atoms with Crippen LogP contribution in [0.15, 0.2) is 24.8 Å². The molecule has 1 aromatic carbocycles. The van der Waals surface area contributed by atoms with E-state index in [9.17, 15) is 13.0 Å². The molecule has 1 N–H and O–H groups in total. The first-order chi connectivity index (χ1) is 7.21. The van der Waals surface area contributed by atoms with Crippen LogP contribution in [0.25, 0.3) is 6.08 Å². The third kappa shape index (κ3) is 2.03. The van der Waals surface area contributed by atoms with E-state index in [1.54, 1.807) is 18.2 Å². The molecular weight excluding hydrogens is 224 g/mol. The summed E-state index contributed by atoms with van der Waals surface area (Å²) in [6.45, 7) is 8.45. The van der Waals surface area contributed by atoms with E-state index in [0.29, 0.717) is 5.56 Å². The van der Waals surface area contributed by atoms with Crippen LogP contribution in [0.2, 0.25) is 0 Å². The van der Waals surface area contributed by atoms with Gasteiger partial charge >= 0.3 is 0 Å². The smallest absolute Gasteiger partial charge is 0.274 e. The molecule has 0 aliphatic heterocycles. The van der Waals surface area contributed by atoms with Crippen LogP contribution in [0.4, 0.5) is 0 Å². The molecule has 0 saturated carbocycles. The Bertz CT molecular complexity index is 513. The first-order valence-electron chi connectivity index (χ1n) is 4.91. The van der Waals surface area contributed by atoms with Gasteiger partial charge in [0, 0.05) is 0 Å². The summed E-state index contributed by atoms with van der Waals surface area (Å²) in [7, 11) is -4.14. The predicted molar refractivity (Wildman–Crippen MR) is 65.8 cm³/mol. The van der Waals surface area contributed by atoms with Crippen molar-refractivity contribution < 1.29 is 13.0 Å². The van der Waals surface area contributed by atoms with Gasteiger partial charge in [-0.05, 0) is 37.5 Å². The molecule has 0 bridgehead atoms. The SMILES string of the molecule is C=Cc1cccc(C(C)(C)S(=O)(=O)O)c1C. The van der Waals surface area contributed by atoms with Crippen LogP contribution >= 0.6 is 0 Å². The molecule has 4 heteroatoms. The van der Waals surface area contributed by atoms with Crippen molar-refractivity contribution in [1.29, 1.82) is 0 Å². The standard InChI is InChI=1S/C12H16O3S/c1-5-10-7-6-8-11(9(10)2)12(3,4)16(13,14)15/h5-8H,1H2,2-4H3,(H,13,14,15). The Labute approximate surface area is 96.6 Å². The lowest BCUT2D eigenvalue weighted by atomic mass is 9.93. The maximum absolute atomic E-state index is 11.3. The van der Waals surface area contributed by atoms with E-state index in [1.165, 1.54) is 13.8 Å². The van der Waals surface area contributed by atoms with Gasteiger partial charge in [0.2, 0.25) is 0 Å². The number of hydrogen-bond acceptors (Lipinski definition) is 2. The Kier molecular flexibility index (Phi) is 3.26. The average Bonchev–Trinajstić information content (AvgIpc) is 2.16. The van der Waals surface area contributed by atoms with Crippen molar-refractivity contribution in [3.05, 3.63) is 41.5 Å². The van der Waals surface area contributed by atoms with E-state index in [-0.39, 0.29) is 0 Å². The third-order valence-corrected chi connectivity index (χ3v) is 4.40. The molecule has 0 aliphatic carbocycles. The number of hydrogen-bond donors (Lipinski definition) is 1. The molecule has 0 saturated heterocycles. The minimum absolute atomic E-state index is 0.590. The van der Waals surface area contributed by atoms with Crippen molar-refractivity contribution in [3.8, 4) is 0 Å². The highest BCUT2D eigenvalue weighted by atomic mass is 32.2. The molecule has 0 spiro atoms. The average molecular weight is 240 g/mol. The van der Waals surface area contributed by atoms with Gasteiger partial charge in [0.15, 0.2) is 0 Å². The molecule has 0 amide bonds.